The zero-order chi connectivity index (χ0) is 21.0. The molecule has 0 bridgehead atoms. The molecule has 0 aromatic heterocycles. The van der Waals surface area contributed by atoms with Crippen molar-refractivity contribution < 1.29 is 17.9 Å². The molecule has 0 spiro atoms. The number of carbonyl (C=O) groups is 1. The predicted molar refractivity (Wildman–Crippen MR) is 116 cm³/mol. The molecule has 156 valence electrons. The number of ether oxygens (including phenoxy) is 1. The quantitative estimate of drug-likeness (QED) is 0.701. The van der Waals surface area contributed by atoms with Crippen molar-refractivity contribution in [3.05, 3.63) is 48.0 Å². The number of aryl methyl sites for hydroxylation is 1. The van der Waals surface area contributed by atoms with E-state index in [9.17, 15) is 13.2 Å². The van der Waals surface area contributed by atoms with Crippen molar-refractivity contribution >= 4 is 33.4 Å². The van der Waals surface area contributed by atoms with E-state index in [0.717, 1.165) is 10.5 Å². The number of piperidine rings is 1. The van der Waals surface area contributed by atoms with Crippen LogP contribution in [0.5, 0.6) is 5.75 Å². The van der Waals surface area contributed by atoms with Gasteiger partial charge in [0, 0.05) is 23.9 Å². The van der Waals surface area contributed by atoms with Gasteiger partial charge in [0.15, 0.2) is 0 Å². The Morgan fingerprint density at radius 1 is 1.14 bits per heavy atom. The van der Waals surface area contributed by atoms with Gasteiger partial charge >= 0.3 is 0 Å². The molecular weight excluding hydrogens is 408 g/mol. The Morgan fingerprint density at radius 3 is 2.38 bits per heavy atom. The van der Waals surface area contributed by atoms with Gasteiger partial charge in [0.2, 0.25) is 15.9 Å². The zero-order valence-electron chi connectivity index (χ0n) is 16.8. The number of hydrogen-bond donors (Lipinski definition) is 1. The molecule has 0 unspecified atom stereocenters. The number of benzene rings is 2. The monoisotopic (exact) mass is 434 g/mol. The standard InChI is InChI=1S/C21H26N2O4S2/c1-15-4-9-20(27-2)19(14-15)22-21(24)16-10-12-23(13-11-16)29(25,26)18-7-5-17(28-3)6-8-18/h4-9,14,16H,10-13H2,1-3H3,(H,22,24). The average Bonchev–Trinajstić information content (AvgIpc) is 2.74. The number of sulfonamides is 1. The Balaban J connectivity index is 1.64. The van der Waals surface area contributed by atoms with Gasteiger partial charge < -0.3 is 10.1 Å². The molecular formula is C21H26N2O4S2. The number of rotatable bonds is 6. The van der Waals surface area contributed by atoms with Gasteiger partial charge in [-0.15, -0.1) is 11.8 Å². The van der Waals surface area contributed by atoms with E-state index < -0.39 is 10.0 Å². The Bertz CT molecular complexity index is 967. The van der Waals surface area contributed by atoms with Gasteiger partial charge in [0.1, 0.15) is 5.75 Å². The number of hydrogen-bond acceptors (Lipinski definition) is 5. The SMILES string of the molecule is COc1ccc(C)cc1NC(=O)C1CCN(S(=O)(=O)c2ccc(SC)cc2)CC1. The lowest BCUT2D eigenvalue weighted by atomic mass is 9.97. The molecule has 0 aliphatic carbocycles. The molecule has 3 rings (SSSR count). The lowest BCUT2D eigenvalue weighted by molar-refractivity contribution is -0.120. The molecule has 0 radical (unpaired) electrons. The molecule has 1 heterocycles. The molecule has 0 saturated carbocycles. The lowest BCUT2D eigenvalue weighted by Gasteiger charge is -2.30. The fraction of sp³-hybridized carbons (Fsp3) is 0.381. The van der Waals surface area contributed by atoms with Crippen molar-refractivity contribution in [1.29, 1.82) is 0 Å². The first-order valence-electron chi connectivity index (χ1n) is 9.45. The average molecular weight is 435 g/mol. The van der Waals surface area contributed by atoms with Gasteiger partial charge in [-0.1, -0.05) is 6.07 Å². The largest absolute Gasteiger partial charge is 0.495 e. The third kappa shape index (κ3) is 4.94. The topological polar surface area (TPSA) is 75.7 Å². The van der Waals surface area contributed by atoms with E-state index in [-0.39, 0.29) is 11.8 Å². The molecule has 1 aliphatic rings. The molecule has 2 aromatic rings. The lowest BCUT2D eigenvalue weighted by Crippen LogP contribution is -2.41. The van der Waals surface area contributed by atoms with E-state index >= 15 is 0 Å². The maximum atomic E-state index is 12.9. The molecule has 1 saturated heterocycles. The third-order valence-corrected chi connectivity index (χ3v) is 7.79. The maximum Gasteiger partial charge on any atom is 0.243 e. The zero-order valence-corrected chi connectivity index (χ0v) is 18.5. The van der Waals surface area contributed by atoms with Crippen molar-refractivity contribution in [3.8, 4) is 5.75 Å². The second kappa shape index (κ2) is 9.19. The minimum Gasteiger partial charge on any atom is -0.495 e. The molecule has 1 N–H and O–H groups in total. The Kier molecular flexibility index (Phi) is 6.87. The summed E-state index contributed by atoms with van der Waals surface area (Å²) in [6, 6.07) is 12.5. The number of nitrogens with one attached hydrogen (secondary N) is 1. The molecule has 1 fully saturated rings. The highest BCUT2D eigenvalue weighted by Crippen LogP contribution is 2.29. The van der Waals surface area contributed by atoms with E-state index in [1.807, 2.05) is 43.5 Å². The normalized spacial score (nSPS) is 15.8. The summed E-state index contributed by atoms with van der Waals surface area (Å²) < 4.78 is 32.5. The van der Waals surface area contributed by atoms with Crippen LogP contribution in [-0.2, 0) is 14.8 Å². The summed E-state index contributed by atoms with van der Waals surface area (Å²) in [6.45, 7) is 2.61. The Morgan fingerprint density at radius 2 is 1.79 bits per heavy atom. The van der Waals surface area contributed by atoms with Crippen LogP contribution >= 0.6 is 11.8 Å². The molecule has 2 aromatic carbocycles. The number of anilines is 1. The van der Waals surface area contributed by atoms with Crippen LogP contribution in [0.3, 0.4) is 0 Å². The van der Waals surface area contributed by atoms with Gasteiger partial charge in [-0.25, -0.2) is 8.42 Å². The van der Waals surface area contributed by atoms with Crippen LogP contribution in [-0.4, -0.2) is 45.1 Å². The van der Waals surface area contributed by atoms with Crippen molar-refractivity contribution in [2.75, 3.05) is 31.8 Å². The Hall–Kier alpha value is -2.03. The van der Waals surface area contributed by atoms with E-state index in [1.54, 1.807) is 31.0 Å². The number of nitrogens with zero attached hydrogens (tertiary/aromatic N) is 1. The van der Waals surface area contributed by atoms with Crippen LogP contribution in [0.1, 0.15) is 18.4 Å². The smallest absolute Gasteiger partial charge is 0.243 e. The molecule has 0 atom stereocenters. The van der Waals surface area contributed by atoms with Gasteiger partial charge in [-0.3, -0.25) is 4.79 Å². The molecule has 29 heavy (non-hydrogen) atoms. The summed E-state index contributed by atoms with van der Waals surface area (Å²) >= 11 is 1.57. The summed E-state index contributed by atoms with van der Waals surface area (Å²) in [6.07, 6.45) is 2.93. The summed E-state index contributed by atoms with van der Waals surface area (Å²) in [5.41, 5.74) is 1.66. The van der Waals surface area contributed by atoms with Crippen LogP contribution < -0.4 is 10.1 Å². The fourth-order valence-corrected chi connectivity index (χ4v) is 5.29. The summed E-state index contributed by atoms with van der Waals surface area (Å²) in [4.78, 5) is 14.0. The van der Waals surface area contributed by atoms with Gasteiger partial charge in [-0.05, 0) is 68.0 Å². The van der Waals surface area contributed by atoms with Crippen LogP contribution in [0.25, 0.3) is 0 Å². The number of thioether (sulfide) groups is 1. The molecule has 1 amide bonds. The first kappa shape index (κ1) is 21.7. The van der Waals surface area contributed by atoms with Crippen molar-refractivity contribution in [3.63, 3.8) is 0 Å². The van der Waals surface area contributed by atoms with E-state index in [1.165, 1.54) is 4.31 Å². The number of methoxy groups -OCH3 is 1. The minimum absolute atomic E-state index is 0.102. The van der Waals surface area contributed by atoms with Crippen LogP contribution in [0.4, 0.5) is 5.69 Å². The highest BCUT2D eigenvalue weighted by Gasteiger charge is 2.32. The van der Waals surface area contributed by atoms with Crippen molar-refractivity contribution in [2.45, 2.75) is 29.6 Å². The first-order chi connectivity index (χ1) is 13.8. The van der Waals surface area contributed by atoms with Gasteiger partial charge in [-0.2, -0.15) is 4.31 Å². The van der Waals surface area contributed by atoms with Crippen LogP contribution in [0.15, 0.2) is 52.3 Å². The van der Waals surface area contributed by atoms with E-state index in [4.69, 9.17) is 4.74 Å². The van der Waals surface area contributed by atoms with Crippen LogP contribution in [0, 0.1) is 12.8 Å². The van der Waals surface area contributed by atoms with Crippen molar-refractivity contribution in [2.24, 2.45) is 5.92 Å². The predicted octanol–water partition coefficient (Wildman–Crippen LogP) is 3.76. The molecule has 6 nitrogen and oxygen atoms in total. The van der Waals surface area contributed by atoms with Gasteiger partial charge in [0.05, 0.1) is 17.7 Å². The maximum absolute atomic E-state index is 12.9. The minimum atomic E-state index is -3.54. The number of amides is 1. The summed E-state index contributed by atoms with van der Waals surface area (Å²) in [5, 5.41) is 2.94. The Labute approximate surface area is 176 Å². The highest BCUT2D eigenvalue weighted by atomic mass is 32.2. The summed E-state index contributed by atoms with van der Waals surface area (Å²) in [7, 11) is -1.97. The van der Waals surface area contributed by atoms with Crippen molar-refractivity contribution in [1.82, 2.24) is 4.31 Å². The second-order valence-electron chi connectivity index (χ2n) is 7.05. The highest BCUT2D eigenvalue weighted by molar-refractivity contribution is 7.98. The summed E-state index contributed by atoms with van der Waals surface area (Å²) in [5.74, 6) is 0.276. The first-order valence-corrected chi connectivity index (χ1v) is 12.1. The fourth-order valence-electron chi connectivity index (χ4n) is 3.41. The number of carbonyl (C=O) groups excluding carboxylic acids is 1. The van der Waals surface area contributed by atoms with E-state index in [0.29, 0.717) is 42.3 Å². The third-order valence-electron chi connectivity index (χ3n) is 5.13. The second-order valence-corrected chi connectivity index (χ2v) is 9.86. The molecule has 8 heteroatoms. The molecule has 1 aliphatic heterocycles. The van der Waals surface area contributed by atoms with Crippen LogP contribution in [0.2, 0.25) is 0 Å². The van der Waals surface area contributed by atoms with E-state index in [2.05, 4.69) is 5.32 Å². The van der Waals surface area contributed by atoms with Gasteiger partial charge in [0.25, 0.3) is 0 Å².